The Labute approximate surface area is 111 Å². The number of nitrogens with zero attached hydrogens (tertiary/aromatic N) is 4. The van der Waals surface area contributed by atoms with Gasteiger partial charge in [0.25, 0.3) is 0 Å². The summed E-state index contributed by atoms with van der Waals surface area (Å²) in [7, 11) is 1.38. The second kappa shape index (κ2) is 6.08. The summed E-state index contributed by atoms with van der Waals surface area (Å²) in [5.41, 5.74) is 1.31. The van der Waals surface area contributed by atoms with Crippen molar-refractivity contribution in [3.8, 4) is 0 Å². The van der Waals surface area contributed by atoms with Crippen LogP contribution in [0.1, 0.15) is 13.3 Å². The smallest absolute Gasteiger partial charge is 0.325 e. The third-order valence-corrected chi connectivity index (χ3v) is 2.68. The molecule has 2 aromatic rings. The van der Waals surface area contributed by atoms with E-state index >= 15 is 0 Å². The van der Waals surface area contributed by atoms with Crippen LogP contribution in [0.25, 0.3) is 11.2 Å². The summed E-state index contributed by atoms with van der Waals surface area (Å²) in [4.78, 5) is 26.1. The highest BCUT2D eigenvalue weighted by Gasteiger charge is 2.13. The van der Waals surface area contributed by atoms with E-state index in [0.717, 1.165) is 18.5 Å². The van der Waals surface area contributed by atoms with Crippen molar-refractivity contribution in [2.45, 2.75) is 13.3 Å². The minimum Gasteiger partial charge on any atom is -0.468 e. The summed E-state index contributed by atoms with van der Waals surface area (Å²) in [6, 6.07) is 3.69. The van der Waals surface area contributed by atoms with E-state index in [-0.39, 0.29) is 12.5 Å². The number of esters is 1. The first-order chi connectivity index (χ1) is 9.24. The highest BCUT2D eigenvalue weighted by Crippen LogP contribution is 2.15. The van der Waals surface area contributed by atoms with Crippen LogP contribution in [0.3, 0.4) is 0 Å². The van der Waals surface area contributed by atoms with Gasteiger partial charge in [-0.15, -0.1) is 0 Å². The summed E-state index contributed by atoms with van der Waals surface area (Å²) in [5, 5.41) is 0. The molecular formula is C13H16N4O2. The molecule has 0 saturated carbocycles. The number of fused-ring (bicyclic) bond motifs is 1. The Balaban J connectivity index is 2.30. The molecule has 0 radical (unpaired) electrons. The van der Waals surface area contributed by atoms with Gasteiger partial charge in [-0.1, -0.05) is 6.92 Å². The molecule has 100 valence electrons. The molecule has 0 N–H and O–H groups in total. The van der Waals surface area contributed by atoms with Crippen molar-refractivity contribution in [3.63, 3.8) is 0 Å². The van der Waals surface area contributed by atoms with Gasteiger partial charge in [-0.3, -0.25) is 9.78 Å². The molecular weight excluding hydrogens is 244 g/mol. The lowest BCUT2D eigenvalue weighted by Gasteiger charge is -2.21. The Morgan fingerprint density at radius 1 is 1.32 bits per heavy atom. The lowest BCUT2D eigenvalue weighted by Crippen LogP contribution is -2.31. The lowest BCUT2D eigenvalue weighted by atomic mass is 10.3. The molecule has 0 fully saturated rings. The Morgan fingerprint density at radius 3 is 2.84 bits per heavy atom. The largest absolute Gasteiger partial charge is 0.468 e. The Hall–Kier alpha value is -2.24. The molecule has 0 aromatic carbocycles. The highest BCUT2D eigenvalue weighted by molar-refractivity contribution is 5.77. The number of hydrogen-bond acceptors (Lipinski definition) is 6. The van der Waals surface area contributed by atoms with Crippen LogP contribution < -0.4 is 4.90 Å². The summed E-state index contributed by atoms with van der Waals surface area (Å²) >= 11 is 0. The molecule has 0 amide bonds. The number of carbonyl (C=O) groups is 1. The number of rotatable bonds is 5. The van der Waals surface area contributed by atoms with E-state index in [1.54, 1.807) is 12.4 Å². The number of hydrogen-bond donors (Lipinski definition) is 0. The molecule has 0 unspecified atom stereocenters. The van der Waals surface area contributed by atoms with Gasteiger partial charge in [-0.25, -0.2) is 9.97 Å². The zero-order chi connectivity index (χ0) is 13.7. The molecule has 0 saturated heterocycles. The fraction of sp³-hybridized carbons (Fsp3) is 0.385. The predicted molar refractivity (Wildman–Crippen MR) is 71.9 cm³/mol. The van der Waals surface area contributed by atoms with Crippen molar-refractivity contribution in [2.75, 3.05) is 25.1 Å². The molecule has 0 bridgehead atoms. The SMILES string of the molecule is CCCN(CC(=O)OC)c1ccc2nccnc2n1. The van der Waals surface area contributed by atoms with Crippen LogP contribution in [-0.4, -0.2) is 41.1 Å². The summed E-state index contributed by atoms with van der Waals surface area (Å²) in [5.74, 6) is 0.426. The normalized spacial score (nSPS) is 10.4. The number of carbonyl (C=O) groups excluding carboxylic acids is 1. The maximum absolute atomic E-state index is 11.4. The van der Waals surface area contributed by atoms with E-state index in [2.05, 4.69) is 15.0 Å². The van der Waals surface area contributed by atoms with Crippen molar-refractivity contribution in [1.29, 1.82) is 0 Å². The molecule has 2 rings (SSSR count). The van der Waals surface area contributed by atoms with Crippen molar-refractivity contribution >= 4 is 23.0 Å². The van der Waals surface area contributed by atoms with Crippen LogP contribution in [0.15, 0.2) is 24.5 Å². The topological polar surface area (TPSA) is 68.2 Å². The van der Waals surface area contributed by atoms with Crippen molar-refractivity contribution in [1.82, 2.24) is 15.0 Å². The second-order valence-corrected chi connectivity index (χ2v) is 4.07. The van der Waals surface area contributed by atoms with Gasteiger partial charge in [0.2, 0.25) is 0 Å². The number of anilines is 1. The number of ether oxygens (including phenoxy) is 1. The highest BCUT2D eigenvalue weighted by atomic mass is 16.5. The average Bonchev–Trinajstić information content (AvgIpc) is 2.46. The maximum Gasteiger partial charge on any atom is 0.325 e. The van der Waals surface area contributed by atoms with Crippen molar-refractivity contribution in [3.05, 3.63) is 24.5 Å². The van der Waals surface area contributed by atoms with Gasteiger partial charge in [-0.05, 0) is 18.6 Å². The Kier molecular flexibility index (Phi) is 4.22. The van der Waals surface area contributed by atoms with Crippen LogP contribution in [0, 0.1) is 0 Å². The molecule has 19 heavy (non-hydrogen) atoms. The summed E-state index contributed by atoms with van der Waals surface area (Å²) < 4.78 is 4.70. The second-order valence-electron chi connectivity index (χ2n) is 4.07. The fourth-order valence-electron chi connectivity index (χ4n) is 1.79. The van der Waals surface area contributed by atoms with Gasteiger partial charge in [0.05, 0.1) is 7.11 Å². The van der Waals surface area contributed by atoms with E-state index in [1.807, 2.05) is 24.0 Å². The van der Waals surface area contributed by atoms with Crippen molar-refractivity contribution in [2.24, 2.45) is 0 Å². The standard InChI is InChI=1S/C13H16N4O2/c1-3-8-17(9-12(18)19-2)11-5-4-10-13(16-11)15-7-6-14-10/h4-7H,3,8-9H2,1-2H3. The average molecular weight is 260 g/mol. The molecule has 2 aromatic heterocycles. The maximum atomic E-state index is 11.4. The van der Waals surface area contributed by atoms with Gasteiger partial charge in [0.15, 0.2) is 5.65 Å². The number of aromatic nitrogens is 3. The molecule has 0 aliphatic carbocycles. The minimum absolute atomic E-state index is 0.184. The third kappa shape index (κ3) is 3.15. The molecule has 0 aliphatic rings. The zero-order valence-electron chi connectivity index (χ0n) is 11.0. The van der Waals surface area contributed by atoms with E-state index < -0.39 is 0 Å². The van der Waals surface area contributed by atoms with Crippen LogP contribution in [0.2, 0.25) is 0 Å². The van der Waals surface area contributed by atoms with Crippen LogP contribution in [0.5, 0.6) is 0 Å². The van der Waals surface area contributed by atoms with Gasteiger partial charge >= 0.3 is 5.97 Å². The molecule has 6 nitrogen and oxygen atoms in total. The van der Waals surface area contributed by atoms with E-state index in [1.165, 1.54) is 7.11 Å². The van der Waals surface area contributed by atoms with Gasteiger partial charge < -0.3 is 9.64 Å². The monoisotopic (exact) mass is 260 g/mol. The third-order valence-electron chi connectivity index (χ3n) is 2.68. The zero-order valence-corrected chi connectivity index (χ0v) is 11.0. The molecule has 6 heteroatoms. The number of methoxy groups -OCH3 is 1. The van der Waals surface area contributed by atoms with Crippen LogP contribution in [-0.2, 0) is 9.53 Å². The fourth-order valence-corrected chi connectivity index (χ4v) is 1.79. The molecule has 0 aliphatic heterocycles. The number of pyridine rings is 1. The summed E-state index contributed by atoms with van der Waals surface area (Å²) in [6.45, 7) is 2.96. The van der Waals surface area contributed by atoms with Crippen molar-refractivity contribution < 1.29 is 9.53 Å². The first-order valence-corrected chi connectivity index (χ1v) is 6.14. The quantitative estimate of drug-likeness (QED) is 0.757. The van der Waals surface area contributed by atoms with Gasteiger partial charge in [0.1, 0.15) is 17.9 Å². The Morgan fingerprint density at radius 2 is 2.11 bits per heavy atom. The van der Waals surface area contributed by atoms with E-state index in [9.17, 15) is 4.79 Å². The van der Waals surface area contributed by atoms with E-state index in [4.69, 9.17) is 4.74 Å². The molecule has 2 heterocycles. The van der Waals surface area contributed by atoms with Crippen LogP contribution in [0.4, 0.5) is 5.82 Å². The van der Waals surface area contributed by atoms with E-state index in [0.29, 0.717) is 11.5 Å². The first kappa shape index (κ1) is 13.2. The van der Waals surface area contributed by atoms with Gasteiger partial charge in [-0.2, -0.15) is 0 Å². The lowest BCUT2D eigenvalue weighted by molar-refractivity contribution is -0.138. The van der Waals surface area contributed by atoms with Gasteiger partial charge in [0, 0.05) is 18.9 Å². The molecule has 0 atom stereocenters. The predicted octanol–water partition coefficient (Wildman–Crippen LogP) is 1.41. The Bertz CT molecular complexity index is 573. The first-order valence-electron chi connectivity index (χ1n) is 6.14. The molecule has 0 spiro atoms. The minimum atomic E-state index is -0.283. The van der Waals surface area contributed by atoms with Crippen LogP contribution >= 0.6 is 0 Å². The summed E-state index contributed by atoms with van der Waals surface area (Å²) in [6.07, 6.45) is 4.14.